The molecule has 106 valence electrons. The smallest absolute Gasteiger partial charge is 0.142 e. The van der Waals surface area contributed by atoms with Gasteiger partial charge in [-0.25, -0.2) is 0 Å². The van der Waals surface area contributed by atoms with Crippen molar-refractivity contribution in [3.63, 3.8) is 0 Å². The molecule has 0 amide bonds. The van der Waals surface area contributed by atoms with Gasteiger partial charge in [0, 0.05) is 18.9 Å². The van der Waals surface area contributed by atoms with E-state index < -0.39 is 0 Å². The number of ether oxygens (including phenoxy) is 1. The van der Waals surface area contributed by atoms with Crippen molar-refractivity contribution in [2.24, 2.45) is 0 Å². The van der Waals surface area contributed by atoms with E-state index in [9.17, 15) is 0 Å². The first kappa shape index (κ1) is 14.4. The molecule has 0 unspecified atom stereocenters. The van der Waals surface area contributed by atoms with E-state index in [1.165, 1.54) is 18.4 Å². The Kier molecular flexibility index (Phi) is 5.90. The maximum atomic E-state index is 5.85. The summed E-state index contributed by atoms with van der Waals surface area (Å²) in [5.74, 6) is 0.928. The van der Waals surface area contributed by atoms with Crippen LogP contribution in [-0.4, -0.2) is 11.6 Å². The Morgan fingerprint density at radius 2 is 1.85 bits per heavy atom. The summed E-state index contributed by atoms with van der Waals surface area (Å²) in [6.07, 6.45) is 7.15. The Balaban J connectivity index is 1.90. The molecule has 1 aromatic heterocycles. The molecule has 2 aromatic rings. The molecule has 1 N–H and O–H groups in total. The molecule has 1 heterocycles. The average molecular weight is 270 g/mol. The Morgan fingerprint density at radius 3 is 2.65 bits per heavy atom. The summed E-state index contributed by atoms with van der Waals surface area (Å²) >= 11 is 0. The number of nitrogens with one attached hydrogen (secondary N) is 1. The molecule has 3 heteroatoms. The molecule has 3 nitrogen and oxygen atoms in total. The van der Waals surface area contributed by atoms with Crippen LogP contribution in [0.5, 0.6) is 5.75 Å². The molecule has 0 aliphatic heterocycles. The number of hydrogen-bond acceptors (Lipinski definition) is 3. The summed E-state index contributed by atoms with van der Waals surface area (Å²) in [5, 5.41) is 3.42. The zero-order chi connectivity index (χ0) is 14.0. The van der Waals surface area contributed by atoms with Crippen molar-refractivity contribution in [3.05, 3.63) is 54.4 Å². The molecule has 20 heavy (non-hydrogen) atoms. The third-order valence-corrected chi connectivity index (χ3v) is 3.12. The minimum absolute atomic E-state index is 0.776. The van der Waals surface area contributed by atoms with Gasteiger partial charge in [-0.2, -0.15) is 0 Å². The molecular formula is C17H22N2O. The highest BCUT2D eigenvalue weighted by Gasteiger charge is 2.02. The van der Waals surface area contributed by atoms with Gasteiger partial charge in [-0.3, -0.25) is 4.98 Å². The molecule has 0 fully saturated rings. The molecule has 0 radical (unpaired) electrons. The fourth-order valence-corrected chi connectivity index (χ4v) is 1.97. The predicted octanol–water partition coefficient (Wildman–Crippen LogP) is 4.26. The standard InChI is InChI=1S/C17H22N2O/c1-2-3-6-13-20-17-8-5-4-7-16(17)19-14-15-9-11-18-12-10-15/h4-5,7-12,19H,2-3,6,13-14H2,1H3. The number of rotatable bonds is 8. The third-order valence-electron chi connectivity index (χ3n) is 3.12. The Labute approximate surface area is 121 Å². The monoisotopic (exact) mass is 270 g/mol. The molecule has 1 aromatic carbocycles. The molecule has 0 atom stereocenters. The lowest BCUT2D eigenvalue weighted by molar-refractivity contribution is 0.307. The van der Waals surface area contributed by atoms with Crippen LogP contribution in [0.1, 0.15) is 31.7 Å². The fourth-order valence-electron chi connectivity index (χ4n) is 1.97. The minimum atomic E-state index is 0.776. The van der Waals surface area contributed by atoms with Crippen molar-refractivity contribution in [3.8, 4) is 5.75 Å². The fraction of sp³-hybridized carbons (Fsp3) is 0.353. The van der Waals surface area contributed by atoms with Crippen molar-refractivity contribution in [1.29, 1.82) is 0 Å². The topological polar surface area (TPSA) is 34.1 Å². The van der Waals surface area contributed by atoms with Crippen molar-refractivity contribution in [2.45, 2.75) is 32.7 Å². The van der Waals surface area contributed by atoms with Crippen LogP contribution in [0.4, 0.5) is 5.69 Å². The molecule has 0 saturated heterocycles. The van der Waals surface area contributed by atoms with Gasteiger partial charge < -0.3 is 10.1 Å². The summed E-state index contributed by atoms with van der Waals surface area (Å²) in [4.78, 5) is 4.02. The van der Waals surface area contributed by atoms with Gasteiger partial charge in [0.25, 0.3) is 0 Å². The largest absolute Gasteiger partial charge is 0.491 e. The van der Waals surface area contributed by atoms with Crippen LogP contribution in [0, 0.1) is 0 Å². The lowest BCUT2D eigenvalue weighted by Crippen LogP contribution is -2.04. The second kappa shape index (κ2) is 8.20. The summed E-state index contributed by atoms with van der Waals surface area (Å²) in [7, 11) is 0. The van der Waals surface area contributed by atoms with Crippen LogP contribution in [-0.2, 0) is 6.54 Å². The maximum absolute atomic E-state index is 5.85. The zero-order valence-corrected chi connectivity index (χ0v) is 12.0. The van der Waals surface area contributed by atoms with E-state index in [2.05, 4.69) is 23.3 Å². The van der Waals surface area contributed by atoms with Crippen molar-refractivity contribution < 1.29 is 4.74 Å². The first-order chi connectivity index (χ1) is 9.90. The van der Waals surface area contributed by atoms with Gasteiger partial charge in [-0.05, 0) is 36.2 Å². The summed E-state index contributed by atoms with van der Waals surface area (Å²) in [6, 6.07) is 12.1. The van der Waals surface area contributed by atoms with Gasteiger partial charge in [0.2, 0.25) is 0 Å². The molecule has 0 bridgehead atoms. The lowest BCUT2D eigenvalue weighted by Gasteiger charge is -2.13. The predicted molar refractivity (Wildman–Crippen MR) is 83.0 cm³/mol. The number of anilines is 1. The van der Waals surface area contributed by atoms with Gasteiger partial charge >= 0.3 is 0 Å². The average Bonchev–Trinajstić information content (AvgIpc) is 2.51. The number of unbranched alkanes of at least 4 members (excludes halogenated alkanes) is 2. The number of benzene rings is 1. The quantitative estimate of drug-likeness (QED) is 0.728. The normalized spacial score (nSPS) is 10.2. The Bertz CT molecular complexity index is 499. The van der Waals surface area contributed by atoms with Gasteiger partial charge in [0.05, 0.1) is 12.3 Å². The molecular weight excluding hydrogens is 248 g/mol. The van der Waals surface area contributed by atoms with E-state index in [0.717, 1.165) is 31.0 Å². The second-order valence-electron chi connectivity index (χ2n) is 4.76. The molecule has 0 aliphatic carbocycles. The first-order valence-electron chi connectivity index (χ1n) is 7.24. The molecule has 0 saturated carbocycles. The Morgan fingerprint density at radius 1 is 1.05 bits per heavy atom. The van der Waals surface area contributed by atoms with E-state index in [1.807, 2.05) is 42.7 Å². The van der Waals surface area contributed by atoms with Crippen LogP contribution >= 0.6 is 0 Å². The van der Waals surface area contributed by atoms with E-state index in [1.54, 1.807) is 0 Å². The third kappa shape index (κ3) is 4.57. The summed E-state index contributed by atoms with van der Waals surface area (Å²) in [5.41, 5.74) is 2.25. The zero-order valence-electron chi connectivity index (χ0n) is 12.0. The van der Waals surface area contributed by atoms with Crippen LogP contribution in [0.15, 0.2) is 48.8 Å². The number of aromatic nitrogens is 1. The molecule has 2 rings (SSSR count). The van der Waals surface area contributed by atoms with Crippen LogP contribution in [0.2, 0.25) is 0 Å². The van der Waals surface area contributed by atoms with Crippen molar-refractivity contribution in [2.75, 3.05) is 11.9 Å². The van der Waals surface area contributed by atoms with E-state index in [0.29, 0.717) is 0 Å². The number of nitrogens with zero attached hydrogens (tertiary/aromatic N) is 1. The summed E-state index contributed by atoms with van der Waals surface area (Å²) < 4.78 is 5.85. The van der Waals surface area contributed by atoms with Crippen LogP contribution in [0.3, 0.4) is 0 Å². The van der Waals surface area contributed by atoms with Gasteiger partial charge in [0.15, 0.2) is 0 Å². The van der Waals surface area contributed by atoms with E-state index >= 15 is 0 Å². The van der Waals surface area contributed by atoms with Crippen LogP contribution < -0.4 is 10.1 Å². The highest BCUT2D eigenvalue weighted by molar-refractivity contribution is 5.56. The number of hydrogen-bond donors (Lipinski definition) is 1. The SMILES string of the molecule is CCCCCOc1ccccc1NCc1ccncc1. The molecule has 0 aliphatic rings. The lowest BCUT2D eigenvalue weighted by atomic mass is 10.2. The van der Waals surface area contributed by atoms with Gasteiger partial charge in [-0.15, -0.1) is 0 Å². The van der Waals surface area contributed by atoms with Gasteiger partial charge in [-0.1, -0.05) is 31.9 Å². The number of para-hydroxylation sites is 2. The number of pyridine rings is 1. The highest BCUT2D eigenvalue weighted by atomic mass is 16.5. The van der Waals surface area contributed by atoms with E-state index in [-0.39, 0.29) is 0 Å². The van der Waals surface area contributed by atoms with Crippen LogP contribution in [0.25, 0.3) is 0 Å². The van der Waals surface area contributed by atoms with Crippen molar-refractivity contribution in [1.82, 2.24) is 4.98 Å². The minimum Gasteiger partial charge on any atom is -0.491 e. The highest BCUT2D eigenvalue weighted by Crippen LogP contribution is 2.24. The second-order valence-corrected chi connectivity index (χ2v) is 4.76. The van der Waals surface area contributed by atoms with E-state index in [4.69, 9.17) is 4.74 Å². The maximum Gasteiger partial charge on any atom is 0.142 e. The Hall–Kier alpha value is -2.03. The summed E-state index contributed by atoms with van der Waals surface area (Å²) in [6.45, 7) is 3.75. The molecule has 0 spiro atoms. The van der Waals surface area contributed by atoms with Gasteiger partial charge in [0.1, 0.15) is 5.75 Å². The first-order valence-corrected chi connectivity index (χ1v) is 7.24. The van der Waals surface area contributed by atoms with Crippen molar-refractivity contribution >= 4 is 5.69 Å².